The fourth-order valence-electron chi connectivity index (χ4n) is 4.60. The van der Waals surface area contributed by atoms with E-state index in [9.17, 15) is 0 Å². The van der Waals surface area contributed by atoms with Gasteiger partial charge in [-0.3, -0.25) is 10.4 Å². The zero-order valence-corrected chi connectivity index (χ0v) is 21.2. The highest BCUT2D eigenvalue weighted by atomic mass is 35.5. The van der Waals surface area contributed by atoms with Crippen molar-refractivity contribution >= 4 is 40.3 Å². The van der Waals surface area contributed by atoms with E-state index in [1.807, 2.05) is 61.4 Å². The van der Waals surface area contributed by atoms with Crippen molar-refractivity contribution in [1.29, 1.82) is 5.41 Å². The van der Waals surface area contributed by atoms with Gasteiger partial charge in [0.15, 0.2) is 5.82 Å². The summed E-state index contributed by atoms with van der Waals surface area (Å²) in [6.45, 7) is 8.26. The van der Waals surface area contributed by atoms with E-state index in [1.165, 1.54) is 0 Å². The number of aromatic nitrogens is 2. The van der Waals surface area contributed by atoms with Crippen molar-refractivity contribution in [3.05, 3.63) is 88.4 Å². The van der Waals surface area contributed by atoms with Gasteiger partial charge in [0.25, 0.3) is 0 Å². The van der Waals surface area contributed by atoms with Crippen LogP contribution in [0.15, 0.2) is 72.2 Å². The molecule has 0 amide bonds. The number of hydrogen-bond acceptors (Lipinski definition) is 9. The van der Waals surface area contributed by atoms with Gasteiger partial charge in [-0.15, -0.1) is 5.53 Å². The topological polar surface area (TPSA) is 101 Å². The molecule has 184 valence electrons. The zero-order chi connectivity index (χ0) is 25.6. The van der Waals surface area contributed by atoms with Gasteiger partial charge in [-0.25, -0.2) is 9.97 Å². The molecule has 0 spiro atoms. The maximum Gasteiger partial charge on any atom is 0.237 e. The second kappa shape index (κ2) is 9.18. The molecule has 10 heteroatoms. The number of ether oxygens (including phenoxy) is 1. The predicted molar refractivity (Wildman–Crippen MR) is 145 cm³/mol. The number of pyridine rings is 2. The molecule has 0 bridgehead atoms. The first kappa shape index (κ1) is 23.7. The molecule has 2 aliphatic heterocycles. The number of nitrogens with one attached hydrogen (secondary N) is 4. The van der Waals surface area contributed by atoms with Crippen molar-refractivity contribution in [2.45, 2.75) is 19.9 Å². The largest absolute Gasteiger partial charge is 0.480 e. The fraction of sp³-hybridized carbons (Fsp3) is 0.192. The summed E-state index contributed by atoms with van der Waals surface area (Å²) in [5.41, 5.74) is 12.4. The normalized spacial score (nSPS) is 16.8. The highest BCUT2D eigenvalue weighted by Crippen LogP contribution is 2.47. The van der Waals surface area contributed by atoms with Crippen LogP contribution in [0.1, 0.15) is 24.1 Å². The number of anilines is 4. The molecule has 0 fully saturated rings. The highest BCUT2D eigenvalue weighted by Gasteiger charge is 2.40. The molecule has 4 heterocycles. The van der Waals surface area contributed by atoms with Crippen LogP contribution in [0.2, 0.25) is 5.02 Å². The number of rotatable bonds is 6. The third-order valence-corrected chi connectivity index (χ3v) is 6.54. The number of hydrogen-bond donors (Lipinski definition) is 4. The standard InChI is InChI=1S/C26H27ClN8O/c1-14-13-20(31-25-22(14)32-33-34(25)4)35-16(3)23(30-19-7-6-12-29-26(19)36-5)21(15(2)28)24(35)17-8-10-18(27)11-9-17/h6-13,24,28,30,32-33H,3H2,1-2,4-5H3. The van der Waals surface area contributed by atoms with E-state index >= 15 is 0 Å². The third-order valence-electron chi connectivity index (χ3n) is 6.29. The van der Waals surface area contributed by atoms with Crippen molar-refractivity contribution < 1.29 is 4.74 Å². The minimum Gasteiger partial charge on any atom is -0.480 e. The molecular weight excluding hydrogens is 476 g/mol. The Hall–Kier alpha value is -4.08. The molecule has 0 radical (unpaired) electrons. The Kier molecular flexibility index (Phi) is 6.03. The van der Waals surface area contributed by atoms with Crippen LogP contribution in [-0.4, -0.2) is 29.8 Å². The number of benzene rings is 1. The Morgan fingerprint density at radius 1 is 1.25 bits per heavy atom. The van der Waals surface area contributed by atoms with Crippen LogP contribution >= 0.6 is 11.6 Å². The van der Waals surface area contributed by atoms with Gasteiger partial charge in [0.1, 0.15) is 11.5 Å². The lowest BCUT2D eigenvalue weighted by atomic mass is 9.96. The Balaban J connectivity index is 1.69. The number of fused-ring (bicyclic) bond motifs is 1. The van der Waals surface area contributed by atoms with Gasteiger partial charge in [0.05, 0.1) is 30.2 Å². The number of methoxy groups -OCH3 is 1. The van der Waals surface area contributed by atoms with Crippen LogP contribution in [0.3, 0.4) is 0 Å². The van der Waals surface area contributed by atoms with Gasteiger partial charge >= 0.3 is 0 Å². The van der Waals surface area contributed by atoms with Gasteiger partial charge in [-0.05, 0) is 55.3 Å². The molecule has 1 aromatic carbocycles. The lowest BCUT2D eigenvalue weighted by molar-refractivity contribution is 0.400. The Labute approximate surface area is 214 Å². The number of halogens is 1. The minimum absolute atomic E-state index is 0.352. The summed E-state index contributed by atoms with van der Waals surface area (Å²) in [6, 6.07) is 13.0. The molecule has 0 saturated heterocycles. The molecule has 0 saturated carbocycles. The average molecular weight is 503 g/mol. The van der Waals surface area contributed by atoms with E-state index in [2.05, 4.69) is 32.7 Å². The molecule has 9 nitrogen and oxygen atoms in total. The van der Waals surface area contributed by atoms with Gasteiger partial charge in [0, 0.05) is 29.6 Å². The summed E-state index contributed by atoms with van der Waals surface area (Å²) >= 11 is 6.22. The van der Waals surface area contributed by atoms with Gasteiger partial charge in [-0.2, -0.15) is 0 Å². The zero-order valence-electron chi connectivity index (χ0n) is 20.5. The van der Waals surface area contributed by atoms with Crippen molar-refractivity contribution in [2.24, 2.45) is 0 Å². The third kappa shape index (κ3) is 3.92. The summed E-state index contributed by atoms with van der Waals surface area (Å²) < 4.78 is 5.46. The first-order chi connectivity index (χ1) is 17.3. The van der Waals surface area contributed by atoms with Crippen LogP contribution in [0.25, 0.3) is 0 Å². The molecule has 5 rings (SSSR count). The Morgan fingerprint density at radius 2 is 2.00 bits per heavy atom. The lowest BCUT2D eigenvalue weighted by Gasteiger charge is -2.30. The Bertz CT molecular complexity index is 1400. The molecule has 3 aromatic rings. The van der Waals surface area contributed by atoms with E-state index in [4.69, 9.17) is 26.7 Å². The van der Waals surface area contributed by atoms with E-state index in [1.54, 1.807) is 20.2 Å². The fourth-order valence-corrected chi connectivity index (χ4v) is 4.72. The summed E-state index contributed by atoms with van der Waals surface area (Å²) in [6.07, 6.45) is 1.67. The van der Waals surface area contributed by atoms with Gasteiger partial charge in [0.2, 0.25) is 5.88 Å². The number of aryl methyl sites for hydroxylation is 1. The molecular formula is C26H27ClN8O. The van der Waals surface area contributed by atoms with Crippen LogP contribution in [-0.2, 0) is 0 Å². The highest BCUT2D eigenvalue weighted by molar-refractivity contribution is 6.30. The van der Waals surface area contributed by atoms with E-state index in [-0.39, 0.29) is 6.04 Å². The predicted octanol–water partition coefficient (Wildman–Crippen LogP) is 5.21. The maximum absolute atomic E-state index is 8.76. The molecule has 2 aromatic heterocycles. The molecule has 4 N–H and O–H groups in total. The van der Waals surface area contributed by atoms with Gasteiger partial charge in [-0.1, -0.05) is 30.3 Å². The van der Waals surface area contributed by atoms with Crippen LogP contribution in [0.5, 0.6) is 5.88 Å². The van der Waals surface area contributed by atoms with Crippen molar-refractivity contribution in [3.63, 3.8) is 0 Å². The first-order valence-corrected chi connectivity index (χ1v) is 11.7. The van der Waals surface area contributed by atoms with Crippen molar-refractivity contribution in [1.82, 2.24) is 15.5 Å². The number of nitrogens with zero attached hydrogens (tertiary/aromatic N) is 4. The molecule has 0 aliphatic carbocycles. The van der Waals surface area contributed by atoms with Crippen molar-refractivity contribution in [3.8, 4) is 5.88 Å². The molecule has 1 atom stereocenters. The molecule has 1 unspecified atom stereocenters. The van der Waals surface area contributed by atoms with Crippen LogP contribution in [0.4, 0.5) is 23.0 Å². The second-order valence-corrected chi connectivity index (χ2v) is 9.10. The van der Waals surface area contributed by atoms with Gasteiger partial charge < -0.3 is 20.4 Å². The SMILES string of the molecule is C=C1C(Nc2cccnc2OC)=C(C(C)=N)C(c2ccc(Cl)cc2)N1c1cc(C)c2c(n1)N(C)NN2. The summed E-state index contributed by atoms with van der Waals surface area (Å²) in [4.78, 5) is 11.3. The van der Waals surface area contributed by atoms with E-state index < -0.39 is 0 Å². The van der Waals surface area contributed by atoms with Crippen LogP contribution < -0.4 is 30.9 Å². The quantitative estimate of drug-likeness (QED) is 0.341. The second-order valence-electron chi connectivity index (χ2n) is 8.66. The smallest absolute Gasteiger partial charge is 0.237 e. The Morgan fingerprint density at radius 3 is 2.69 bits per heavy atom. The first-order valence-electron chi connectivity index (χ1n) is 11.4. The summed E-state index contributed by atoms with van der Waals surface area (Å²) in [7, 11) is 3.48. The minimum atomic E-state index is -0.352. The molecule has 2 aliphatic rings. The maximum atomic E-state index is 8.76. The van der Waals surface area contributed by atoms with Crippen LogP contribution in [0, 0.1) is 12.3 Å². The van der Waals surface area contributed by atoms with Crippen molar-refractivity contribution in [2.75, 3.05) is 34.8 Å². The number of hydrazine groups is 2. The summed E-state index contributed by atoms with van der Waals surface area (Å²) in [5, 5.41) is 14.7. The average Bonchev–Trinajstić information content (AvgIpc) is 3.37. The molecule has 36 heavy (non-hydrogen) atoms. The van der Waals surface area contributed by atoms with E-state index in [0.717, 1.165) is 28.2 Å². The van der Waals surface area contributed by atoms with E-state index in [0.29, 0.717) is 39.5 Å². The summed E-state index contributed by atoms with van der Waals surface area (Å²) in [5.74, 6) is 1.94. The lowest BCUT2D eigenvalue weighted by Crippen LogP contribution is -2.32. The monoisotopic (exact) mass is 502 g/mol.